The largest absolute Gasteiger partial charge is 0.390 e. The number of ether oxygens (including phenoxy) is 1. The van der Waals surface area contributed by atoms with Gasteiger partial charge in [0.05, 0.1) is 5.60 Å². The summed E-state index contributed by atoms with van der Waals surface area (Å²) in [7, 11) is 0. The van der Waals surface area contributed by atoms with Gasteiger partial charge in [-0.05, 0) is 37.7 Å². The fourth-order valence-corrected chi connectivity index (χ4v) is 2.26. The van der Waals surface area contributed by atoms with Crippen LogP contribution in [0.1, 0.15) is 31.2 Å². The van der Waals surface area contributed by atoms with Crippen LogP contribution < -0.4 is 0 Å². The molecular formula is C14H20O2. The zero-order valence-corrected chi connectivity index (χ0v) is 9.69. The lowest BCUT2D eigenvalue weighted by Gasteiger charge is -2.25. The van der Waals surface area contributed by atoms with Crippen molar-refractivity contribution in [2.24, 2.45) is 0 Å². The predicted octanol–water partition coefficient (Wildman–Crippen LogP) is 2.55. The molecule has 0 spiro atoms. The van der Waals surface area contributed by atoms with Crippen molar-refractivity contribution < 1.29 is 9.84 Å². The van der Waals surface area contributed by atoms with E-state index in [0.717, 1.165) is 38.7 Å². The second kappa shape index (κ2) is 5.46. The van der Waals surface area contributed by atoms with Gasteiger partial charge in [0.15, 0.2) is 0 Å². The molecule has 0 amide bonds. The summed E-state index contributed by atoms with van der Waals surface area (Å²) in [5.41, 5.74) is 0.799. The molecular weight excluding hydrogens is 200 g/mol. The molecule has 1 saturated heterocycles. The minimum Gasteiger partial charge on any atom is -0.390 e. The average molecular weight is 220 g/mol. The fourth-order valence-electron chi connectivity index (χ4n) is 2.26. The van der Waals surface area contributed by atoms with E-state index in [9.17, 15) is 5.11 Å². The number of hydrogen-bond acceptors (Lipinski definition) is 2. The van der Waals surface area contributed by atoms with Crippen LogP contribution in [0.4, 0.5) is 0 Å². The molecule has 1 aliphatic heterocycles. The van der Waals surface area contributed by atoms with Crippen LogP contribution in [0.15, 0.2) is 30.3 Å². The third-order valence-electron chi connectivity index (χ3n) is 3.36. The van der Waals surface area contributed by atoms with Crippen LogP contribution in [0.5, 0.6) is 0 Å². The van der Waals surface area contributed by atoms with Crippen LogP contribution >= 0.6 is 0 Å². The maximum Gasteiger partial charge on any atom is 0.0673 e. The van der Waals surface area contributed by atoms with Gasteiger partial charge >= 0.3 is 0 Å². The summed E-state index contributed by atoms with van der Waals surface area (Å²) >= 11 is 0. The van der Waals surface area contributed by atoms with E-state index >= 15 is 0 Å². The first kappa shape index (κ1) is 11.6. The van der Waals surface area contributed by atoms with Crippen LogP contribution in [-0.2, 0) is 11.2 Å². The summed E-state index contributed by atoms with van der Waals surface area (Å²) in [6.45, 7) is 1.50. The molecule has 1 atom stereocenters. The van der Waals surface area contributed by atoms with E-state index in [1.54, 1.807) is 0 Å². The van der Waals surface area contributed by atoms with Crippen LogP contribution in [-0.4, -0.2) is 23.9 Å². The predicted molar refractivity (Wildman–Crippen MR) is 64.4 cm³/mol. The first-order valence-corrected chi connectivity index (χ1v) is 6.13. The van der Waals surface area contributed by atoms with E-state index in [1.165, 1.54) is 5.56 Å². The lowest BCUT2D eigenvalue weighted by Crippen LogP contribution is -2.29. The zero-order valence-electron chi connectivity index (χ0n) is 9.69. The Morgan fingerprint density at radius 2 is 1.94 bits per heavy atom. The van der Waals surface area contributed by atoms with E-state index in [-0.39, 0.29) is 0 Å². The molecule has 2 rings (SSSR count). The molecule has 16 heavy (non-hydrogen) atoms. The summed E-state index contributed by atoms with van der Waals surface area (Å²) in [4.78, 5) is 0. The number of benzene rings is 1. The highest BCUT2D eigenvalue weighted by Gasteiger charge is 2.27. The van der Waals surface area contributed by atoms with Gasteiger partial charge < -0.3 is 9.84 Å². The Bertz CT molecular complexity index is 300. The topological polar surface area (TPSA) is 29.5 Å². The molecule has 0 aromatic heterocycles. The number of rotatable bonds is 3. The van der Waals surface area contributed by atoms with Gasteiger partial charge in [-0.25, -0.2) is 0 Å². The summed E-state index contributed by atoms with van der Waals surface area (Å²) in [6, 6.07) is 10.4. The molecule has 0 saturated carbocycles. The van der Waals surface area contributed by atoms with Gasteiger partial charge in [0.1, 0.15) is 0 Å². The summed E-state index contributed by atoms with van der Waals surface area (Å²) in [6.07, 6.45) is 4.43. The van der Waals surface area contributed by atoms with Crippen molar-refractivity contribution >= 4 is 0 Å². The fraction of sp³-hybridized carbons (Fsp3) is 0.571. The minimum atomic E-state index is -0.508. The van der Waals surface area contributed by atoms with Gasteiger partial charge in [-0.3, -0.25) is 0 Å². The number of hydrogen-bond donors (Lipinski definition) is 1. The molecule has 0 bridgehead atoms. The van der Waals surface area contributed by atoms with Crippen LogP contribution in [0.2, 0.25) is 0 Å². The molecule has 1 N–H and O–H groups in total. The third-order valence-corrected chi connectivity index (χ3v) is 3.36. The summed E-state index contributed by atoms with van der Waals surface area (Å²) < 4.78 is 5.38. The Hall–Kier alpha value is -0.860. The van der Waals surface area contributed by atoms with Crippen LogP contribution in [0.3, 0.4) is 0 Å². The standard InChI is InChI=1S/C14H20O2/c15-14(8-4-11-16-12-10-14)9-7-13-5-2-1-3-6-13/h1-3,5-6,15H,4,7-12H2. The lowest BCUT2D eigenvalue weighted by atomic mass is 9.88. The molecule has 1 aliphatic rings. The van der Waals surface area contributed by atoms with Crippen molar-refractivity contribution in [1.82, 2.24) is 0 Å². The molecule has 0 radical (unpaired) electrons. The van der Waals surface area contributed by atoms with Crippen molar-refractivity contribution in [3.8, 4) is 0 Å². The summed E-state index contributed by atoms with van der Waals surface area (Å²) in [5.74, 6) is 0. The Kier molecular flexibility index (Phi) is 3.97. The van der Waals surface area contributed by atoms with Gasteiger partial charge in [-0.15, -0.1) is 0 Å². The van der Waals surface area contributed by atoms with Crippen LogP contribution in [0.25, 0.3) is 0 Å². The normalized spacial score (nSPS) is 26.3. The molecule has 2 heteroatoms. The van der Waals surface area contributed by atoms with Crippen molar-refractivity contribution in [2.45, 2.75) is 37.7 Å². The van der Waals surface area contributed by atoms with E-state index in [1.807, 2.05) is 6.07 Å². The van der Waals surface area contributed by atoms with Gasteiger partial charge in [0.2, 0.25) is 0 Å². The van der Waals surface area contributed by atoms with Gasteiger partial charge in [0.25, 0.3) is 0 Å². The molecule has 1 fully saturated rings. The maximum absolute atomic E-state index is 10.4. The zero-order chi connectivity index (χ0) is 11.3. The molecule has 1 aromatic rings. The highest BCUT2D eigenvalue weighted by molar-refractivity contribution is 5.15. The van der Waals surface area contributed by atoms with E-state index in [4.69, 9.17) is 4.74 Å². The Morgan fingerprint density at radius 1 is 1.12 bits per heavy atom. The SMILES string of the molecule is OC1(CCc2ccccc2)CCCOCC1. The van der Waals surface area contributed by atoms with E-state index in [2.05, 4.69) is 24.3 Å². The molecule has 1 unspecified atom stereocenters. The number of aryl methyl sites for hydroxylation is 1. The lowest BCUT2D eigenvalue weighted by molar-refractivity contribution is 0.0110. The molecule has 88 valence electrons. The van der Waals surface area contributed by atoms with Gasteiger partial charge in [0, 0.05) is 13.2 Å². The Labute approximate surface area is 97.3 Å². The highest BCUT2D eigenvalue weighted by Crippen LogP contribution is 2.26. The van der Waals surface area contributed by atoms with Crippen molar-refractivity contribution in [1.29, 1.82) is 0 Å². The van der Waals surface area contributed by atoms with Crippen LogP contribution in [0, 0.1) is 0 Å². The molecule has 0 aliphatic carbocycles. The molecule has 2 nitrogen and oxygen atoms in total. The molecule has 1 heterocycles. The van der Waals surface area contributed by atoms with Crippen molar-refractivity contribution in [2.75, 3.05) is 13.2 Å². The Morgan fingerprint density at radius 3 is 2.75 bits per heavy atom. The number of aliphatic hydroxyl groups is 1. The maximum atomic E-state index is 10.4. The van der Waals surface area contributed by atoms with Crippen molar-refractivity contribution in [3.63, 3.8) is 0 Å². The van der Waals surface area contributed by atoms with E-state index < -0.39 is 5.60 Å². The smallest absolute Gasteiger partial charge is 0.0673 e. The first-order valence-electron chi connectivity index (χ1n) is 6.13. The second-order valence-electron chi connectivity index (χ2n) is 4.68. The van der Waals surface area contributed by atoms with Gasteiger partial charge in [-0.2, -0.15) is 0 Å². The highest BCUT2D eigenvalue weighted by atomic mass is 16.5. The van der Waals surface area contributed by atoms with Crippen molar-refractivity contribution in [3.05, 3.63) is 35.9 Å². The third kappa shape index (κ3) is 3.32. The second-order valence-corrected chi connectivity index (χ2v) is 4.68. The first-order chi connectivity index (χ1) is 7.79. The molecule has 1 aromatic carbocycles. The monoisotopic (exact) mass is 220 g/mol. The minimum absolute atomic E-state index is 0.508. The van der Waals surface area contributed by atoms with Gasteiger partial charge in [-0.1, -0.05) is 30.3 Å². The van der Waals surface area contributed by atoms with E-state index in [0.29, 0.717) is 6.61 Å². The summed E-state index contributed by atoms with van der Waals surface area (Å²) in [5, 5.41) is 10.4. The Balaban J connectivity index is 1.88. The average Bonchev–Trinajstić information content (AvgIpc) is 2.54. The quantitative estimate of drug-likeness (QED) is 0.848.